The number of sulfonamides is 1. The molecule has 0 aliphatic heterocycles. The van der Waals surface area contributed by atoms with Gasteiger partial charge in [0.1, 0.15) is 4.90 Å². The van der Waals surface area contributed by atoms with Crippen molar-refractivity contribution in [3.63, 3.8) is 0 Å². The van der Waals surface area contributed by atoms with Crippen LogP contribution in [0.4, 0.5) is 0 Å². The lowest BCUT2D eigenvalue weighted by molar-refractivity contribution is 0.403. The zero-order valence-electron chi connectivity index (χ0n) is 11.3. The average Bonchev–Trinajstić information content (AvgIpc) is 3.19. The van der Waals surface area contributed by atoms with E-state index in [2.05, 4.69) is 0 Å². The second-order valence-corrected chi connectivity index (χ2v) is 7.60. The minimum Gasteiger partial charge on any atom is -0.326 e. The minimum atomic E-state index is -3.59. The van der Waals surface area contributed by atoms with Gasteiger partial charge >= 0.3 is 0 Å². The molecule has 1 aliphatic rings. The van der Waals surface area contributed by atoms with Crippen molar-refractivity contribution in [1.29, 1.82) is 0 Å². The number of nitrogens with zero attached hydrogens (tertiary/aromatic N) is 1. The van der Waals surface area contributed by atoms with Crippen molar-refractivity contribution in [2.45, 2.75) is 43.7 Å². The Hall–Kier alpha value is -0.330. The van der Waals surface area contributed by atoms with Crippen LogP contribution in [0, 0.1) is 0 Å². The van der Waals surface area contributed by atoms with Crippen LogP contribution in [-0.2, 0) is 16.6 Å². The summed E-state index contributed by atoms with van der Waals surface area (Å²) >= 11 is 12.1. The third-order valence-corrected chi connectivity index (χ3v) is 6.07. The SMILES string of the molecule is CCCN(C1CC1)S(=O)(=O)c1cc(CN)c(Cl)cc1Cl. The van der Waals surface area contributed by atoms with Crippen LogP contribution in [-0.4, -0.2) is 25.3 Å². The predicted molar refractivity (Wildman–Crippen MR) is 81.6 cm³/mol. The lowest BCUT2D eigenvalue weighted by Crippen LogP contribution is -2.34. The molecule has 20 heavy (non-hydrogen) atoms. The van der Waals surface area contributed by atoms with Gasteiger partial charge in [0.05, 0.1) is 5.02 Å². The molecule has 0 amide bonds. The van der Waals surface area contributed by atoms with E-state index in [-0.39, 0.29) is 22.5 Å². The predicted octanol–water partition coefficient (Wildman–Crippen LogP) is 3.02. The van der Waals surface area contributed by atoms with Crippen LogP contribution in [0.1, 0.15) is 31.7 Å². The molecule has 2 N–H and O–H groups in total. The summed E-state index contributed by atoms with van der Waals surface area (Å²) in [6.07, 6.45) is 2.59. The molecule has 0 saturated heterocycles. The van der Waals surface area contributed by atoms with E-state index < -0.39 is 10.0 Å². The largest absolute Gasteiger partial charge is 0.326 e. The second kappa shape index (κ2) is 6.20. The van der Waals surface area contributed by atoms with Crippen molar-refractivity contribution < 1.29 is 8.42 Å². The fourth-order valence-corrected chi connectivity index (χ4v) is 4.76. The van der Waals surface area contributed by atoms with Crippen LogP contribution in [0.2, 0.25) is 10.0 Å². The third-order valence-electron chi connectivity index (χ3n) is 3.31. The Morgan fingerprint density at radius 3 is 2.45 bits per heavy atom. The van der Waals surface area contributed by atoms with E-state index in [0.29, 0.717) is 17.1 Å². The lowest BCUT2D eigenvalue weighted by Gasteiger charge is -2.22. The Labute approximate surface area is 129 Å². The first-order chi connectivity index (χ1) is 9.41. The summed E-state index contributed by atoms with van der Waals surface area (Å²) in [5.41, 5.74) is 6.17. The molecule has 1 fully saturated rings. The topological polar surface area (TPSA) is 63.4 Å². The summed E-state index contributed by atoms with van der Waals surface area (Å²) in [5, 5.41) is 0.541. The maximum absolute atomic E-state index is 12.8. The standard InChI is InChI=1S/C13H18Cl2N2O2S/c1-2-5-17(10-3-4-10)20(18,19)13-6-9(8-16)11(14)7-12(13)15/h6-7,10H,2-5,8,16H2,1H3. The lowest BCUT2D eigenvalue weighted by atomic mass is 10.2. The minimum absolute atomic E-state index is 0.101. The van der Waals surface area contributed by atoms with E-state index in [4.69, 9.17) is 28.9 Å². The van der Waals surface area contributed by atoms with E-state index in [9.17, 15) is 8.42 Å². The molecule has 1 saturated carbocycles. The van der Waals surface area contributed by atoms with Crippen LogP contribution < -0.4 is 5.73 Å². The van der Waals surface area contributed by atoms with Crippen molar-refractivity contribution in [1.82, 2.24) is 4.31 Å². The van der Waals surface area contributed by atoms with Gasteiger partial charge in [0.2, 0.25) is 10.0 Å². The molecule has 0 bridgehead atoms. The summed E-state index contributed by atoms with van der Waals surface area (Å²) in [4.78, 5) is 0.101. The summed E-state index contributed by atoms with van der Waals surface area (Å²) in [5.74, 6) is 0. The Morgan fingerprint density at radius 2 is 1.95 bits per heavy atom. The van der Waals surface area contributed by atoms with E-state index in [0.717, 1.165) is 19.3 Å². The summed E-state index contributed by atoms with van der Waals surface area (Å²) in [7, 11) is -3.59. The van der Waals surface area contributed by atoms with Crippen molar-refractivity contribution in [3.05, 3.63) is 27.7 Å². The highest BCUT2D eigenvalue weighted by Crippen LogP contribution is 2.36. The molecular formula is C13H18Cl2N2O2S. The number of halogens is 2. The molecule has 0 radical (unpaired) electrons. The van der Waals surface area contributed by atoms with Gasteiger partial charge in [-0.1, -0.05) is 30.1 Å². The Bertz CT molecular complexity index is 601. The van der Waals surface area contributed by atoms with Gasteiger partial charge in [-0.15, -0.1) is 0 Å². The van der Waals surface area contributed by atoms with Crippen LogP contribution in [0.5, 0.6) is 0 Å². The third kappa shape index (κ3) is 3.12. The summed E-state index contributed by atoms with van der Waals surface area (Å²) < 4.78 is 27.1. The molecule has 112 valence electrons. The first-order valence-electron chi connectivity index (χ1n) is 6.61. The van der Waals surface area contributed by atoms with Crippen molar-refractivity contribution in [2.75, 3.05) is 6.54 Å². The zero-order valence-corrected chi connectivity index (χ0v) is 13.6. The van der Waals surface area contributed by atoms with Crippen molar-refractivity contribution in [3.8, 4) is 0 Å². The van der Waals surface area contributed by atoms with Gasteiger partial charge < -0.3 is 5.73 Å². The summed E-state index contributed by atoms with van der Waals surface area (Å²) in [6, 6.07) is 3.05. The number of nitrogens with two attached hydrogens (primary N) is 1. The average molecular weight is 337 g/mol. The van der Waals surface area contributed by atoms with Gasteiger partial charge in [0.25, 0.3) is 0 Å². The molecule has 7 heteroatoms. The number of benzene rings is 1. The van der Waals surface area contributed by atoms with Gasteiger partial charge in [-0.2, -0.15) is 4.31 Å². The fraction of sp³-hybridized carbons (Fsp3) is 0.538. The van der Waals surface area contributed by atoms with Crippen molar-refractivity contribution >= 4 is 33.2 Å². The van der Waals surface area contributed by atoms with E-state index >= 15 is 0 Å². The molecule has 0 unspecified atom stereocenters. The van der Waals surface area contributed by atoms with Gasteiger partial charge in [0, 0.05) is 24.2 Å². The van der Waals surface area contributed by atoms with E-state index in [1.165, 1.54) is 12.1 Å². The van der Waals surface area contributed by atoms with E-state index in [1.807, 2.05) is 6.92 Å². The monoisotopic (exact) mass is 336 g/mol. The molecule has 1 aromatic carbocycles. The molecule has 1 aliphatic carbocycles. The fourth-order valence-electron chi connectivity index (χ4n) is 2.13. The number of rotatable bonds is 6. The normalized spacial score (nSPS) is 15.8. The van der Waals surface area contributed by atoms with Crippen LogP contribution >= 0.6 is 23.2 Å². The second-order valence-electron chi connectivity index (χ2n) is 4.93. The van der Waals surface area contributed by atoms with Crippen molar-refractivity contribution in [2.24, 2.45) is 5.73 Å². The summed E-state index contributed by atoms with van der Waals surface area (Å²) in [6.45, 7) is 2.64. The Kier molecular flexibility index (Phi) is 4.97. The molecule has 2 rings (SSSR count). The zero-order chi connectivity index (χ0) is 14.9. The quantitative estimate of drug-likeness (QED) is 0.868. The highest BCUT2D eigenvalue weighted by Gasteiger charge is 2.38. The molecule has 0 atom stereocenters. The highest BCUT2D eigenvalue weighted by atomic mass is 35.5. The molecule has 0 aromatic heterocycles. The highest BCUT2D eigenvalue weighted by molar-refractivity contribution is 7.89. The first-order valence-corrected chi connectivity index (χ1v) is 8.81. The van der Waals surface area contributed by atoms with Gasteiger partial charge in [-0.3, -0.25) is 0 Å². The molecular weight excluding hydrogens is 319 g/mol. The van der Waals surface area contributed by atoms with E-state index in [1.54, 1.807) is 4.31 Å². The molecule has 1 aromatic rings. The molecule has 4 nitrogen and oxygen atoms in total. The Balaban J connectivity index is 2.47. The van der Waals surface area contributed by atoms with Crippen LogP contribution in [0.25, 0.3) is 0 Å². The number of hydrogen-bond donors (Lipinski definition) is 1. The van der Waals surface area contributed by atoms with Crippen LogP contribution in [0.3, 0.4) is 0 Å². The van der Waals surface area contributed by atoms with Gasteiger partial charge in [-0.25, -0.2) is 8.42 Å². The van der Waals surface area contributed by atoms with Gasteiger partial charge in [0.15, 0.2) is 0 Å². The Morgan fingerprint density at radius 1 is 1.30 bits per heavy atom. The molecule has 0 spiro atoms. The molecule has 0 heterocycles. The van der Waals surface area contributed by atoms with Crippen LogP contribution in [0.15, 0.2) is 17.0 Å². The maximum atomic E-state index is 12.8. The smallest absolute Gasteiger partial charge is 0.244 e. The van der Waals surface area contributed by atoms with Gasteiger partial charge in [-0.05, 0) is 37.0 Å². The first kappa shape index (κ1) is 16.0. The maximum Gasteiger partial charge on any atom is 0.244 e. The number of hydrogen-bond acceptors (Lipinski definition) is 3.